The van der Waals surface area contributed by atoms with Gasteiger partial charge in [-0.25, -0.2) is 4.68 Å². The fourth-order valence-electron chi connectivity index (χ4n) is 2.80. The third-order valence-electron chi connectivity index (χ3n) is 4.25. The van der Waals surface area contributed by atoms with Crippen LogP contribution in [0.2, 0.25) is 0 Å². The van der Waals surface area contributed by atoms with Crippen LogP contribution in [0, 0.1) is 6.92 Å². The molecule has 0 spiro atoms. The second-order valence-corrected chi connectivity index (χ2v) is 6.34. The first-order chi connectivity index (χ1) is 13.1. The summed E-state index contributed by atoms with van der Waals surface area (Å²) in [5.41, 5.74) is 3.68. The molecule has 0 saturated heterocycles. The molecule has 3 rings (SSSR count). The summed E-state index contributed by atoms with van der Waals surface area (Å²) in [5, 5.41) is 4.28. The van der Waals surface area contributed by atoms with E-state index in [1.165, 1.54) is 0 Å². The molecule has 3 aromatic rings. The van der Waals surface area contributed by atoms with Gasteiger partial charge in [0.2, 0.25) is 0 Å². The summed E-state index contributed by atoms with van der Waals surface area (Å²) in [4.78, 5) is 14.4. The van der Waals surface area contributed by atoms with Crippen molar-refractivity contribution in [2.75, 3.05) is 13.7 Å². The van der Waals surface area contributed by atoms with Gasteiger partial charge in [0.05, 0.1) is 5.69 Å². The molecule has 0 aliphatic heterocycles. The van der Waals surface area contributed by atoms with E-state index in [2.05, 4.69) is 11.7 Å². The maximum absolute atomic E-state index is 12.7. The molecule has 0 fully saturated rings. The molecule has 0 unspecified atom stereocenters. The Morgan fingerprint density at radius 2 is 1.85 bits per heavy atom. The minimum Gasteiger partial charge on any atom is -0.490 e. The van der Waals surface area contributed by atoms with E-state index in [-0.39, 0.29) is 5.91 Å². The normalized spacial score (nSPS) is 10.4. The lowest BCUT2D eigenvalue weighted by Crippen LogP contribution is -2.26. The average molecular weight is 361 g/mol. The summed E-state index contributed by atoms with van der Waals surface area (Å²) >= 11 is 0. The van der Waals surface area contributed by atoms with Crippen molar-refractivity contribution < 1.29 is 9.53 Å². The van der Waals surface area contributed by atoms with Crippen molar-refractivity contribution in [2.45, 2.75) is 13.5 Å². The van der Waals surface area contributed by atoms with Gasteiger partial charge in [0.15, 0.2) is 0 Å². The number of carbonyl (C=O) groups is 1. The first kappa shape index (κ1) is 18.5. The van der Waals surface area contributed by atoms with E-state index < -0.39 is 0 Å². The number of ether oxygens (including phenoxy) is 1. The third kappa shape index (κ3) is 4.44. The Bertz CT molecular complexity index is 911. The summed E-state index contributed by atoms with van der Waals surface area (Å²) in [6.07, 6.45) is 3.47. The molecule has 1 aromatic heterocycles. The molecule has 5 nitrogen and oxygen atoms in total. The van der Waals surface area contributed by atoms with Gasteiger partial charge in [-0.05, 0) is 55.0 Å². The number of nitrogens with zero attached hydrogens (tertiary/aromatic N) is 3. The molecule has 2 aromatic carbocycles. The Kier molecular flexibility index (Phi) is 5.71. The van der Waals surface area contributed by atoms with Gasteiger partial charge in [-0.15, -0.1) is 0 Å². The Morgan fingerprint density at radius 1 is 1.15 bits per heavy atom. The van der Waals surface area contributed by atoms with Crippen LogP contribution in [0.3, 0.4) is 0 Å². The van der Waals surface area contributed by atoms with E-state index in [9.17, 15) is 4.79 Å². The molecule has 27 heavy (non-hydrogen) atoms. The molecule has 1 heterocycles. The van der Waals surface area contributed by atoms with Crippen LogP contribution in [0.5, 0.6) is 5.75 Å². The van der Waals surface area contributed by atoms with Crippen LogP contribution in [0.4, 0.5) is 0 Å². The smallest absolute Gasteiger partial charge is 0.253 e. The van der Waals surface area contributed by atoms with Crippen molar-refractivity contribution in [1.29, 1.82) is 0 Å². The lowest BCUT2D eigenvalue weighted by atomic mass is 10.1. The van der Waals surface area contributed by atoms with Crippen LogP contribution < -0.4 is 4.74 Å². The number of rotatable bonds is 7. The van der Waals surface area contributed by atoms with Gasteiger partial charge in [0, 0.05) is 31.0 Å². The first-order valence-electron chi connectivity index (χ1n) is 8.77. The second-order valence-electron chi connectivity index (χ2n) is 6.34. The number of amides is 1. The summed E-state index contributed by atoms with van der Waals surface area (Å²) < 4.78 is 7.32. The fraction of sp³-hybridized carbons (Fsp3) is 0.182. The SMILES string of the molecule is C=CCOc1ccc(CN(C)C(=O)c2ccc(-n3nccc3C)cc2)cc1. The maximum Gasteiger partial charge on any atom is 0.253 e. The average Bonchev–Trinajstić information content (AvgIpc) is 3.13. The molecule has 0 aliphatic carbocycles. The van der Waals surface area contributed by atoms with Gasteiger partial charge >= 0.3 is 0 Å². The van der Waals surface area contributed by atoms with Crippen molar-refractivity contribution >= 4 is 5.91 Å². The quantitative estimate of drug-likeness (QED) is 0.597. The number of hydrogen-bond acceptors (Lipinski definition) is 3. The van der Waals surface area contributed by atoms with E-state index in [1.54, 1.807) is 24.2 Å². The van der Waals surface area contributed by atoms with Gasteiger partial charge in [-0.3, -0.25) is 4.79 Å². The third-order valence-corrected chi connectivity index (χ3v) is 4.25. The summed E-state index contributed by atoms with van der Waals surface area (Å²) in [6.45, 7) is 6.63. The largest absolute Gasteiger partial charge is 0.490 e. The topological polar surface area (TPSA) is 47.4 Å². The van der Waals surface area contributed by atoms with Gasteiger partial charge in [0.1, 0.15) is 12.4 Å². The molecular weight excluding hydrogens is 338 g/mol. The zero-order chi connectivity index (χ0) is 19.2. The molecule has 5 heteroatoms. The van der Waals surface area contributed by atoms with Crippen LogP contribution >= 0.6 is 0 Å². The maximum atomic E-state index is 12.7. The van der Waals surface area contributed by atoms with Gasteiger partial charge in [0.25, 0.3) is 5.91 Å². The van der Waals surface area contributed by atoms with Crippen molar-refractivity contribution in [3.05, 3.63) is 90.3 Å². The zero-order valence-electron chi connectivity index (χ0n) is 15.6. The highest BCUT2D eigenvalue weighted by molar-refractivity contribution is 5.94. The zero-order valence-corrected chi connectivity index (χ0v) is 15.6. The molecule has 0 N–H and O–H groups in total. The van der Waals surface area contributed by atoms with Crippen LogP contribution in [0.25, 0.3) is 5.69 Å². The predicted molar refractivity (Wildman–Crippen MR) is 106 cm³/mol. The van der Waals surface area contributed by atoms with Crippen molar-refractivity contribution in [3.63, 3.8) is 0 Å². The number of aryl methyl sites for hydroxylation is 1. The molecular formula is C22H23N3O2. The Labute approximate surface area is 159 Å². The number of carbonyl (C=O) groups excluding carboxylic acids is 1. The predicted octanol–water partition coefficient (Wildman–Crippen LogP) is 4.02. The highest BCUT2D eigenvalue weighted by Gasteiger charge is 2.12. The van der Waals surface area contributed by atoms with Crippen LogP contribution in [-0.2, 0) is 6.54 Å². The molecule has 1 amide bonds. The van der Waals surface area contributed by atoms with Crippen LogP contribution in [-0.4, -0.2) is 34.2 Å². The highest BCUT2D eigenvalue weighted by atomic mass is 16.5. The minimum absolute atomic E-state index is 0.0225. The highest BCUT2D eigenvalue weighted by Crippen LogP contribution is 2.16. The molecule has 0 aliphatic rings. The van der Waals surface area contributed by atoms with Crippen molar-refractivity contribution in [2.24, 2.45) is 0 Å². The number of aromatic nitrogens is 2. The molecule has 138 valence electrons. The Morgan fingerprint density at radius 3 is 2.44 bits per heavy atom. The standard InChI is InChI=1S/C22H23N3O2/c1-4-15-27-21-11-5-18(6-12-21)16-24(3)22(26)19-7-9-20(10-8-19)25-17(2)13-14-23-25/h4-14H,1,15-16H2,2-3H3. The number of hydrogen-bond donors (Lipinski definition) is 0. The van der Waals surface area contributed by atoms with E-state index in [1.807, 2.05) is 66.2 Å². The van der Waals surface area contributed by atoms with E-state index in [4.69, 9.17) is 4.74 Å². The van der Waals surface area contributed by atoms with Crippen LogP contribution in [0.1, 0.15) is 21.6 Å². The first-order valence-corrected chi connectivity index (χ1v) is 8.77. The van der Waals surface area contributed by atoms with Crippen molar-refractivity contribution in [3.8, 4) is 11.4 Å². The van der Waals surface area contributed by atoms with E-state index in [0.29, 0.717) is 18.7 Å². The lowest BCUT2D eigenvalue weighted by Gasteiger charge is -2.18. The Balaban J connectivity index is 1.64. The number of benzene rings is 2. The van der Waals surface area contributed by atoms with Crippen molar-refractivity contribution in [1.82, 2.24) is 14.7 Å². The summed E-state index contributed by atoms with van der Waals surface area (Å²) in [6, 6.07) is 17.2. The minimum atomic E-state index is -0.0225. The van der Waals surface area contributed by atoms with E-state index in [0.717, 1.165) is 22.7 Å². The van der Waals surface area contributed by atoms with Gasteiger partial charge < -0.3 is 9.64 Å². The summed E-state index contributed by atoms with van der Waals surface area (Å²) in [7, 11) is 1.80. The molecule has 0 atom stereocenters. The molecule has 0 saturated carbocycles. The van der Waals surface area contributed by atoms with Gasteiger partial charge in [-0.1, -0.05) is 24.8 Å². The second kappa shape index (κ2) is 8.36. The molecule has 0 radical (unpaired) electrons. The lowest BCUT2D eigenvalue weighted by molar-refractivity contribution is 0.0785. The summed E-state index contributed by atoms with van der Waals surface area (Å²) in [5.74, 6) is 0.767. The van der Waals surface area contributed by atoms with E-state index >= 15 is 0 Å². The monoisotopic (exact) mass is 361 g/mol. The Hall–Kier alpha value is -3.34. The van der Waals surface area contributed by atoms with Crippen LogP contribution in [0.15, 0.2) is 73.4 Å². The van der Waals surface area contributed by atoms with Gasteiger partial charge in [-0.2, -0.15) is 5.10 Å². The molecule has 0 bridgehead atoms. The fourth-order valence-corrected chi connectivity index (χ4v) is 2.80.